The first-order valence-electron chi connectivity index (χ1n) is 6.69. The second-order valence-electron chi connectivity index (χ2n) is 4.59. The number of aryl methyl sites for hydroxylation is 1. The molecule has 0 aliphatic rings. The van der Waals surface area contributed by atoms with Crippen LogP contribution in [0, 0.1) is 0 Å². The highest BCUT2D eigenvalue weighted by Crippen LogP contribution is 2.17. The summed E-state index contributed by atoms with van der Waals surface area (Å²) in [5, 5.41) is 9.32. The molecule has 1 aromatic carbocycles. The van der Waals surface area contributed by atoms with Crippen LogP contribution in [0.1, 0.15) is 23.7 Å². The number of hydrogen-bond acceptors (Lipinski definition) is 4. The summed E-state index contributed by atoms with van der Waals surface area (Å²) in [4.78, 5) is 4.22. The minimum atomic E-state index is -3.62. The number of pyridine rings is 1. The first-order chi connectivity index (χ1) is 10.1. The Balaban J connectivity index is 2.19. The average molecular weight is 306 g/mol. The molecule has 2 aromatic rings. The monoisotopic (exact) mass is 306 g/mol. The van der Waals surface area contributed by atoms with Gasteiger partial charge in [0.15, 0.2) is 0 Å². The Morgan fingerprint density at radius 1 is 1.19 bits per heavy atom. The summed E-state index contributed by atoms with van der Waals surface area (Å²) in [6, 6.07) is 10.1. The van der Waals surface area contributed by atoms with Gasteiger partial charge in [-0.05, 0) is 41.8 Å². The van der Waals surface area contributed by atoms with Crippen molar-refractivity contribution in [3.05, 3.63) is 59.4 Å². The number of benzene rings is 1. The van der Waals surface area contributed by atoms with Crippen molar-refractivity contribution in [3.8, 4) is 0 Å². The zero-order valence-corrected chi connectivity index (χ0v) is 12.6. The molecule has 112 valence electrons. The molecule has 0 spiro atoms. The van der Waals surface area contributed by atoms with E-state index >= 15 is 0 Å². The number of nitrogens with one attached hydrogen (secondary N) is 1. The Labute approximate surface area is 124 Å². The second-order valence-corrected chi connectivity index (χ2v) is 6.35. The van der Waals surface area contributed by atoms with Gasteiger partial charge >= 0.3 is 0 Å². The van der Waals surface area contributed by atoms with Gasteiger partial charge in [-0.3, -0.25) is 4.98 Å². The third-order valence-electron chi connectivity index (χ3n) is 3.21. The number of aromatic nitrogens is 1. The second kappa shape index (κ2) is 6.80. The predicted octanol–water partition coefficient (Wildman–Crippen LogP) is 1.61. The van der Waals surface area contributed by atoms with Gasteiger partial charge in [0.2, 0.25) is 10.0 Å². The molecule has 5 nitrogen and oxygen atoms in total. The highest BCUT2D eigenvalue weighted by Gasteiger charge is 2.15. The Hall–Kier alpha value is -1.76. The van der Waals surface area contributed by atoms with Crippen LogP contribution in [0.2, 0.25) is 0 Å². The molecule has 0 saturated heterocycles. The normalized spacial score (nSPS) is 11.5. The van der Waals surface area contributed by atoms with E-state index in [0.29, 0.717) is 11.3 Å². The van der Waals surface area contributed by atoms with Gasteiger partial charge in [0.25, 0.3) is 0 Å². The molecular formula is C15H18N2O3S. The minimum absolute atomic E-state index is 0.132. The van der Waals surface area contributed by atoms with Gasteiger partial charge in [-0.15, -0.1) is 0 Å². The Bertz CT molecular complexity index is 700. The van der Waals surface area contributed by atoms with E-state index in [4.69, 9.17) is 0 Å². The maximum absolute atomic E-state index is 12.3. The number of nitrogens with zero attached hydrogens (tertiary/aromatic N) is 1. The molecule has 0 unspecified atom stereocenters. The summed E-state index contributed by atoms with van der Waals surface area (Å²) in [5.74, 6) is 0. The van der Waals surface area contributed by atoms with Crippen molar-refractivity contribution >= 4 is 10.0 Å². The first kappa shape index (κ1) is 15.6. The molecule has 0 fully saturated rings. The van der Waals surface area contributed by atoms with Crippen molar-refractivity contribution in [2.45, 2.75) is 31.4 Å². The summed E-state index contributed by atoms with van der Waals surface area (Å²) >= 11 is 0. The molecule has 1 aromatic heterocycles. The van der Waals surface area contributed by atoms with Crippen LogP contribution in [0.25, 0.3) is 0 Å². The fourth-order valence-electron chi connectivity index (χ4n) is 2.02. The van der Waals surface area contributed by atoms with Crippen LogP contribution in [0.3, 0.4) is 0 Å². The lowest BCUT2D eigenvalue weighted by Crippen LogP contribution is -2.24. The first-order valence-corrected chi connectivity index (χ1v) is 8.17. The minimum Gasteiger partial charge on any atom is -0.392 e. The van der Waals surface area contributed by atoms with Crippen molar-refractivity contribution in [2.24, 2.45) is 0 Å². The fraction of sp³-hybridized carbons (Fsp3) is 0.267. The van der Waals surface area contributed by atoms with Gasteiger partial charge in [-0.25, -0.2) is 13.1 Å². The Morgan fingerprint density at radius 3 is 2.62 bits per heavy atom. The third kappa shape index (κ3) is 3.87. The number of rotatable bonds is 6. The van der Waals surface area contributed by atoms with Crippen molar-refractivity contribution in [3.63, 3.8) is 0 Å². The third-order valence-corrected chi connectivity index (χ3v) is 4.61. The SMILES string of the molecule is CCc1ccc(S(=O)(=O)NCc2ccccn2)cc1CO. The van der Waals surface area contributed by atoms with E-state index in [0.717, 1.165) is 12.0 Å². The van der Waals surface area contributed by atoms with E-state index < -0.39 is 10.0 Å². The quantitative estimate of drug-likeness (QED) is 0.850. The Kier molecular flexibility index (Phi) is 5.06. The van der Waals surface area contributed by atoms with E-state index in [9.17, 15) is 13.5 Å². The van der Waals surface area contributed by atoms with E-state index in [1.807, 2.05) is 6.92 Å². The van der Waals surface area contributed by atoms with Crippen molar-refractivity contribution in [1.82, 2.24) is 9.71 Å². The zero-order valence-electron chi connectivity index (χ0n) is 11.8. The summed E-state index contributed by atoms with van der Waals surface area (Å²) in [6.07, 6.45) is 2.36. The van der Waals surface area contributed by atoms with Gasteiger partial charge in [-0.1, -0.05) is 19.1 Å². The topological polar surface area (TPSA) is 79.3 Å². The van der Waals surface area contributed by atoms with Gasteiger partial charge < -0.3 is 5.11 Å². The summed E-state index contributed by atoms with van der Waals surface area (Å²) < 4.78 is 27.0. The lowest BCUT2D eigenvalue weighted by atomic mass is 10.1. The molecule has 6 heteroatoms. The predicted molar refractivity (Wildman–Crippen MR) is 80.0 cm³/mol. The number of hydrogen-bond donors (Lipinski definition) is 2. The molecule has 0 aliphatic heterocycles. The van der Waals surface area contributed by atoms with E-state index in [-0.39, 0.29) is 18.0 Å². The van der Waals surface area contributed by atoms with Gasteiger partial charge in [0.1, 0.15) is 0 Å². The van der Waals surface area contributed by atoms with Gasteiger partial charge in [-0.2, -0.15) is 0 Å². The van der Waals surface area contributed by atoms with Crippen molar-refractivity contribution in [1.29, 1.82) is 0 Å². The van der Waals surface area contributed by atoms with E-state index in [2.05, 4.69) is 9.71 Å². The average Bonchev–Trinajstić information content (AvgIpc) is 2.53. The number of aliphatic hydroxyl groups excluding tert-OH is 1. The summed E-state index contributed by atoms with van der Waals surface area (Å²) in [6.45, 7) is 1.92. The highest BCUT2D eigenvalue weighted by molar-refractivity contribution is 7.89. The van der Waals surface area contributed by atoms with Crippen LogP contribution in [-0.4, -0.2) is 18.5 Å². The van der Waals surface area contributed by atoms with Gasteiger partial charge in [0, 0.05) is 6.20 Å². The molecular weight excluding hydrogens is 288 g/mol. The smallest absolute Gasteiger partial charge is 0.240 e. The van der Waals surface area contributed by atoms with Crippen molar-refractivity contribution in [2.75, 3.05) is 0 Å². The summed E-state index contributed by atoms with van der Waals surface area (Å²) in [7, 11) is -3.62. The van der Waals surface area contributed by atoms with E-state index in [1.54, 1.807) is 36.5 Å². The molecule has 2 N–H and O–H groups in total. The molecule has 0 atom stereocenters. The summed E-state index contributed by atoms with van der Waals surface area (Å²) in [5.41, 5.74) is 2.23. The van der Waals surface area contributed by atoms with Crippen molar-refractivity contribution < 1.29 is 13.5 Å². The maximum Gasteiger partial charge on any atom is 0.240 e. The van der Waals surface area contributed by atoms with E-state index in [1.165, 1.54) is 6.07 Å². The molecule has 21 heavy (non-hydrogen) atoms. The lowest BCUT2D eigenvalue weighted by molar-refractivity contribution is 0.280. The van der Waals surface area contributed by atoms with Crippen LogP contribution < -0.4 is 4.72 Å². The largest absolute Gasteiger partial charge is 0.392 e. The molecule has 0 bridgehead atoms. The van der Waals surface area contributed by atoms with Crippen LogP contribution in [-0.2, 0) is 29.6 Å². The molecule has 0 saturated carbocycles. The zero-order chi connectivity index (χ0) is 15.3. The fourth-order valence-corrected chi connectivity index (χ4v) is 3.07. The molecule has 2 rings (SSSR count). The molecule has 0 amide bonds. The molecule has 1 heterocycles. The van der Waals surface area contributed by atoms with Crippen LogP contribution >= 0.6 is 0 Å². The lowest BCUT2D eigenvalue weighted by Gasteiger charge is -2.10. The van der Waals surface area contributed by atoms with Crippen LogP contribution in [0.4, 0.5) is 0 Å². The van der Waals surface area contributed by atoms with Crippen LogP contribution in [0.5, 0.6) is 0 Å². The molecule has 0 aliphatic carbocycles. The highest BCUT2D eigenvalue weighted by atomic mass is 32.2. The van der Waals surface area contributed by atoms with Gasteiger partial charge in [0.05, 0.1) is 23.7 Å². The number of sulfonamides is 1. The standard InChI is InChI=1S/C15H18N2O3S/c1-2-12-6-7-15(9-13(12)11-18)21(19,20)17-10-14-5-3-4-8-16-14/h3-9,17-18H,2,10-11H2,1H3. The maximum atomic E-state index is 12.3. The van der Waals surface area contributed by atoms with Crippen LogP contribution in [0.15, 0.2) is 47.5 Å². The Morgan fingerprint density at radius 2 is 2.00 bits per heavy atom. The number of aliphatic hydroxyl groups is 1. The molecule has 0 radical (unpaired) electrons.